The fourth-order valence-electron chi connectivity index (χ4n) is 3.42. The SMILES string of the molecule is O=S(=O)(c1cn[nH]c1)N1CCC[C@H](c2cccc(-c3cccc(Cl)c3)n2)C1. The van der Waals surface area contributed by atoms with E-state index < -0.39 is 10.0 Å². The van der Waals surface area contributed by atoms with Crippen molar-refractivity contribution in [1.29, 1.82) is 0 Å². The van der Waals surface area contributed by atoms with Crippen LogP contribution in [0.3, 0.4) is 0 Å². The van der Waals surface area contributed by atoms with Crippen molar-refractivity contribution in [3.8, 4) is 11.3 Å². The van der Waals surface area contributed by atoms with E-state index in [2.05, 4.69) is 10.2 Å². The zero-order chi connectivity index (χ0) is 18.9. The number of hydrogen-bond donors (Lipinski definition) is 1. The first kappa shape index (κ1) is 18.2. The van der Waals surface area contributed by atoms with Crippen LogP contribution in [0.1, 0.15) is 24.5 Å². The number of H-pyrrole nitrogens is 1. The minimum atomic E-state index is -3.53. The molecule has 2 aromatic heterocycles. The molecule has 140 valence electrons. The van der Waals surface area contributed by atoms with Gasteiger partial charge in [-0.3, -0.25) is 10.1 Å². The Kier molecular flexibility index (Phi) is 4.99. The maximum Gasteiger partial charge on any atom is 0.246 e. The van der Waals surface area contributed by atoms with Crippen molar-refractivity contribution in [2.45, 2.75) is 23.7 Å². The highest BCUT2D eigenvalue weighted by molar-refractivity contribution is 7.89. The second-order valence-electron chi connectivity index (χ2n) is 6.59. The van der Waals surface area contributed by atoms with E-state index in [1.165, 1.54) is 16.7 Å². The molecule has 0 saturated carbocycles. The van der Waals surface area contributed by atoms with Crippen LogP contribution in [0.4, 0.5) is 0 Å². The molecule has 1 aromatic carbocycles. The zero-order valence-electron chi connectivity index (χ0n) is 14.5. The molecular weight excluding hydrogens is 384 g/mol. The number of nitrogens with one attached hydrogen (secondary N) is 1. The first-order chi connectivity index (χ1) is 13.0. The Bertz CT molecular complexity index is 1040. The predicted molar refractivity (Wildman–Crippen MR) is 104 cm³/mol. The summed E-state index contributed by atoms with van der Waals surface area (Å²) in [6, 6.07) is 13.4. The van der Waals surface area contributed by atoms with Crippen molar-refractivity contribution in [2.75, 3.05) is 13.1 Å². The number of piperidine rings is 1. The third-order valence-electron chi connectivity index (χ3n) is 4.80. The molecule has 1 atom stereocenters. The highest BCUT2D eigenvalue weighted by Crippen LogP contribution is 2.30. The van der Waals surface area contributed by atoms with E-state index in [0.29, 0.717) is 18.1 Å². The van der Waals surface area contributed by atoms with Crippen LogP contribution in [-0.4, -0.2) is 41.0 Å². The van der Waals surface area contributed by atoms with Crippen LogP contribution < -0.4 is 0 Å². The Morgan fingerprint density at radius 1 is 1.19 bits per heavy atom. The molecule has 0 radical (unpaired) electrons. The molecular formula is C19H19ClN4O2S. The minimum absolute atomic E-state index is 0.0551. The number of aromatic amines is 1. The zero-order valence-corrected chi connectivity index (χ0v) is 16.1. The summed E-state index contributed by atoms with van der Waals surface area (Å²) < 4.78 is 27.1. The van der Waals surface area contributed by atoms with Gasteiger partial charge in [0, 0.05) is 41.5 Å². The van der Waals surface area contributed by atoms with Crippen molar-refractivity contribution >= 4 is 21.6 Å². The number of benzene rings is 1. The van der Waals surface area contributed by atoms with E-state index >= 15 is 0 Å². The topological polar surface area (TPSA) is 79.0 Å². The fourth-order valence-corrected chi connectivity index (χ4v) is 5.04. The van der Waals surface area contributed by atoms with Gasteiger partial charge in [-0.2, -0.15) is 9.40 Å². The Balaban J connectivity index is 1.60. The molecule has 1 aliphatic heterocycles. The first-order valence-corrected chi connectivity index (χ1v) is 10.6. The summed E-state index contributed by atoms with van der Waals surface area (Å²) in [6.07, 6.45) is 4.46. The van der Waals surface area contributed by atoms with Gasteiger partial charge in [0.05, 0.1) is 11.9 Å². The maximum absolute atomic E-state index is 12.8. The van der Waals surface area contributed by atoms with Crippen LogP contribution in [0.5, 0.6) is 0 Å². The molecule has 0 aliphatic carbocycles. The van der Waals surface area contributed by atoms with Gasteiger partial charge in [0.15, 0.2) is 0 Å². The van der Waals surface area contributed by atoms with Crippen molar-refractivity contribution < 1.29 is 8.42 Å². The lowest BCUT2D eigenvalue weighted by Crippen LogP contribution is -2.39. The van der Waals surface area contributed by atoms with Crippen molar-refractivity contribution in [3.63, 3.8) is 0 Å². The first-order valence-electron chi connectivity index (χ1n) is 8.76. The summed E-state index contributed by atoms with van der Waals surface area (Å²) in [7, 11) is -3.53. The van der Waals surface area contributed by atoms with E-state index in [1.54, 1.807) is 0 Å². The maximum atomic E-state index is 12.8. The van der Waals surface area contributed by atoms with Gasteiger partial charge in [-0.1, -0.05) is 29.8 Å². The average molecular weight is 403 g/mol. The van der Waals surface area contributed by atoms with E-state index in [-0.39, 0.29) is 10.8 Å². The fraction of sp³-hybridized carbons (Fsp3) is 0.263. The number of nitrogens with zero attached hydrogens (tertiary/aromatic N) is 3. The highest BCUT2D eigenvalue weighted by atomic mass is 35.5. The normalized spacial score (nSPS) is 18.5. The molecule has 3 heterocycles. The number of sulfonamides is 1. The summed E-state index contributed by atoms with van der Waals surface area (Å²) in [5.74, 6) is 0.0551. The standard InChI is InChI=1S/C19H19ClN4O2S/c20-16-6-1-4-14(10-16)18-7-2-8-19(23-18)15-5-3-9-24(13-15)27(25,26)17-11-21-22-12-17/h1-2,4,6-8,10-12,15H,3,5,9,13H2,(H,21,22)/t15-/m0/s1. The Morgan fingerprint density at radius 3 is 2.81 bits per heavy atom. The lowest BCUT2D eigenvalue weighted by atomic mass is 9.95. The summed E-state index contributed by atoms with van der Waals surface area (Å²) >= 11 is 6.09. The van der Waals surface area contributed by atoms with Crippen molar-refractivity contribution in [3.05, 3.63) is 65.6 Å². The number of hydrogen-bond acceptors (Lipinski definition) is 4. The van der Waals surface area contributed by atoms with E-state index in [1.807, 2.05) is 42.5 Å². The van der Waals surface area contributed by atoms with Gasteiger partial charge in [-0.15, -0.1) is 0 Å². The Labute approximate surface area is 163 Å². The summed E-state index contributed by atoms with van der Waals surface area (Å²) in [5.41, 5.74) is 2.69. The van der Waals surface area contributed by atoms with Gasteiger partial charge in [0.1, 0.15) is 4.90 Å². The molecule has 3 aromatic rings. The van der Waals surface area contributed by atoms with Gasteiger partial charge >= 0.3 is 0 Å². The van der Waals surface area contributed by atoms with Crippen LogP contribution in [0.15, 0.2) is 59.8 Å². The van der Waals surface area contributed by atoms with Crippen molar-refractivity contribution in [2.24, 2.45) is 0 Å². The van der Waals surface area contributed by atoms with Gasteiger partial charge in [0.2, 0.25) is 10.0 Å². The van der Waals surface area contributed by atoms with Crippen LogP contribution in [0, 0.1) is 0 Å². The lowest BCUT2D eigenvalue weighted by molar-refractivity contribution is 0.313. The molecule has 4 rings (SSSR count). The number of pyridine rings is 1. The molecule has 0 spiro atoms. The molecule has 6 nitrogen and oxygen atoms in total. The monoisotopic (exact) mass is 402 g/mol. The average Bonchev–Trinajstić information content (AvgIpc) is 3.24. The number of rotatable bonds is 4. The molecule has 1 N–H and O–H groups in total. The van der Waals surface area contributed by atoms with Gasteiger partial charge < -0.3 is 0 Å². The largest absolute Gasteiger partial charge is 0.284 e. The quantitative estimate of drug-likeness (QED) is 0.721. The second-order valence-corrected chi connectivity index (χ2v) is 8.97. The Hall–Kier alpha value is -2.22. The van der Waals surface area contributed by atoms with Crippen LogP contribution in [0.2, 0.25) is 5.02 Å². The molecule has 27 heavy (non-hydrogen) atoms. The van der Waals surface area contributed by atoms with Crippen LogP contribution in [0.25, 0.3) is 11.3 Å². The smallest absolute Gasteiger partial charge is 0.246 e. The third-order valence-corrected chi connectivity index (χ3v) is 6.87. The molecule has 8 heteroatoms. The van der Waals surface area contributed by atoms with Gasteiger partial charge in [-0.05, 0) is 37.1 Å². The van der Waals surface area contributed by atoms with E-state index in [0.717, 1.165) is 29.8 Å². The van der Waals surface area contributed by atoms with Crippen LogP contribution >= 0.6 is 11.6 Å². The molecule has 0 unspecified atom stereocenters. The van der Waals surface area contributed by atoms with Gasteiger partial charge in [0.25, 0.3) is 0 Å². The van der Waals surface area contributed by atoms with Crippen LogP contribution in [-0.2, 0) is 10.0 Å². The van der Waals surface area contributed by atoms with E-state index in [9.17, 15) is 8.42 Å². The molecule has 1 aliphatic rings. The molecule has 1 saturated heterocycles. The summed E-state index contributed by atoms with van der Waals surface area (Å²) in [5, 5.41) is 6.99. The highest BCUT2D eigenvalue weighted by Gasteiger charge is 2.32. The summed E-state index contributed by atoms with van der Waals surface area (Å²) in [6.45, 7) is 0.928. The Morgan fingerprint density at radius 2 is 2.04 bits per heavy atom. The molecule has 0 bridgehead atoms. The minimum Gasteiger partial charge on any atom is -0.284 e. The summed E-state index contributed by atoms with van der Waals surface area (Å²) in [4.78, 5) is 4.99. The van der Waals surface area contributed by atoms with E-state index in [4.69, 9.17) is 16.6 Å². The second kappa shape index (κ2) is 7.42. The van der Waals surface area contributed by atoms with Crippen molar-refractivity contribution in [1.82, 2.24) is 19.5 Å². The number of halogens is 1. The number of aromatic nitrogens is 3. The molecule has 1 fully saturated rings. The third kappa shape index (κ3) is 3.76. The lowest BCUT2D eigenvalue weighted by Gasteiger charge is -2.31. The van der Waals surface area contributed by atoms with Gasteiger partial charge in [-0.25, -0.2) is 8.42 Å². The molecule has 0 amide bonds. The predicted octanol–water partition coefficient (Wildman–Crippen LogP) is 3.69.